The van der Waals surface area contributed by atoms with Crippen LogP contribution in [0.1, 0.15) is 38.6 Å². The number of carbonyl (C=O) groups excluding carboxylic acids is 1. The average molecular weight is 336 g/mol. The molecule has 5 nitrogen and oxygen atoms in total. The summed E-state index contributed by atoms with van der Waals surface area (Å²) >= 11 is 0. The molecule has 0 aliphatic rings. The highest BCUT2D eigenvalue weighted by Gasteiger charge is 2.13. The molecule has 0 aliphatic carbocycles. The molecule has 0 spiro atoms. The van der Waals surface area contributed by atoms with Gasteiger partial charge in [-0.3, -0.25) is 14.5 Å². The smallest absolute Gasteiger partial charge is 0.252 e. The first kappa shape index (κ1) is 17.1. The molecule has 0 radical (unpaired) electrons. The Hall–Kier alpha value is -2.69. The topological polar surface area (TPSA) is 59.8 Å². The molecule has 3 aromatic rings. The van der Waals surface area contributed by atoms with Gasteiger partial charge in [-0.15, -0.1) is 0 Å². The summed E-state index contributed by atoms with van der Waals surface area (Å²) in [4.78, 5) is 17.3. The Bertz CT molecular complexity index is 956. The number of fused-ring (bicyclic) bond motifs is 1. The molecule has 0 saturated carbocycles. The Balaban J connectivity index is 1.79. The van der Waals surface area contributed by atoms with Crippen LogP contribution in [0.5, 0.6) is 0 Å². The van der Waals surface area contributed by atoms with Gasteiger partial charge in [0.2, 0.25) is 0 Å². The van der Waals surface area contributed by atoms with Crippen molar-refractivity contribution < 1.29 is 4.79 Å². The fraction of sp³-hybridized carbons (Fsp3) is 0.350. The highest BCUT2D eigenvalue weighted by atomic mass is 16.1. The van der Waals surface area contributed by atoms with E-state index in [0.717, 1.165) is 33.5 Å². The number of amides is 1. The second kappa shape index (κ2) is 6.67. The van der Waals surface area contributed by atoms with Crippen LogP contribution in [0.2, 0.25) is 0 Å². The van der Waals surface area contributed by atoms with Gasteiger partial charge in [-0.1, -0.05) is 18.2 Å². The Morgan fingerprint density at radius 2 is 1.92 bits per heavy atom. The predicted octanol–water partition coefficient (Wildman–Crippen LogP) is 3.40. The van der Waals surface area contributed by atoms with Crippen LogP contribution < -0.4 is 5.32 Å². The van der Waals surface area contributed by atoms with E-state index >= 15 is 0 Å². The number of para-hydroxylation sites is 1. The van der Waals surface area contributed by atoms with Crippen molar-refractivity contribution in [2.45, 2.75) is 41.2 Å². The monoisotopic (exact) mass is 336 g/mol. The summed E-state index contributed by atoms with van der Waals surface area (Å²) in [5.74, 6) is -0.0700. The molecule has 0 atom stereocenters. The van der Waals surface area contributed by atoms with E-state index in [4.69, 9.17) is 0 Å². The highest BCUT2D eigenvalue weighted by Crippen LogP contribution is 2.21. The van der Waals surface area contributed by atoms with Gasteiger partial charge in [0.1, 0.15) is 0 Å². The minimum absolute atomic E-state index is 0.0700. The van der Waals surface area contributed by atoms with E-state index in [1.165, 1.54) is 5.56 Å². The summed E-state index contributed by atoms with van der Waals surface area (Å²) in [6.07, 6.45) is 0. The lowest BCUT2D eigenvalue weighted by atomic mass is 10.0. The molecule has 1 N–H and O–H groups in total. The van der Waals surface area contributed by atoms with Crippen molar-refractivity contribution in [3.8, 4) is 0 Å². The van der Waals surface area contributed by atoms with Crippen LogP contribution in [-0.2, 0) is 6.54 Å². The van der Waals surface area contributed by atoms with Gasteiger partial charge >= 0.3 is 0 Å². The van der Waals surface area contributed by atoms with Gasteiger partial charge in [0, 0.05) is 23.3 Å². The molecule has 0 fully saturated rings. The number of aromatic nitrogens is 3. The Labute approximate surface area is 148 Å². The number of pyridine rings is 1. The minimum atomic E-state index is -0.0700. The van der Waals surface area contributed by atoms with Crippen LogP contribution in [0, 0.1) is 34.6 Å². The summed E-state index contributed by atoms with van der Waals surface area (Å²) in [6, 6.07) is 7.78. The van der Waals surface area contributed by atoms with E-state index in [-0.39, 0.29) is 5.91 Å². The van der Waals surface area contributed by atoms with Crippen molar-refractivity contribution in [1.82, 2.24) is 20.1 Å². The van der Waals surface area contributed by atoms with Crippen molar-refractivity contribution in [2.24, 2.45) is 0 Å². The molecule has 130 valence electrons. The van der Waals surface area contributed by atoms with Gasteiger partial charge < -0.3 is 5.32 Å². The maximum Gasteiger partial charge on any atom is 0.252 e. The molecule has 5 heteroatoms. The van der Waals surface area contributed by atoms with Gasteiger partial charge in [-0.05, 0) is 51.8 Å². The van der Waals surface area contributed by atoms with Gasteiger partial charge in [-0.2, -0.15) is 5.10 Å². The van der Waals surface area contributed by atoms with Crippen molar-refractivity contribution in [2.75, 3.05) is 6.54 Å². The second-order valence-corrected chi connectivity index (χ2v) is 6.56. The summed E-state index contributed by atoms with van der Waals surface area (Å²) in [7, 11) is 0. The summed E-state index contributed by atoms with van der Waals surface area (Å²) < 4.78 is 1.95. The van der Waals surface area contributed by atoms with Crippen LogP contribution in [0.3, 0.4) is 0 Å². The number of nitrogens with one attached hydrogen (secondary N) is 1. The number of hydrogen-bond donors (Lipinski definition) is 1. The van der Waals surface area contributed by atoms with Crippen LogP contribution >= 0.6 is 0 Å². The van der Waals surface area contributed by atoms with Gasteiger partial charge in [0.25, 0.3) is 5.91 Å². The van der Waals surface area contributed by atoms with E-state index in [9.17, 15) is 4.79 Å². The highest BCUT2D eigenvalue weighted by molar-refractivity contribution is 6.06. The minimum Gasteiger partial charge on any atom is -0.350 e. The van der Waals surface area contributed by atoms with Crippen LogP contribution in [0.4, 0.5) is 0 Å². The molecule has 0 unspecified atom stereocenters. The molecule has 0 bridgehead atoms. The van der Waals surface area contributed by atoms with Crippen molar-refractivity contribution in [3.63, 3.8) is 0 Å². The Kier molecular flexibility index (Phi) is 4.57. The van der Waals surface area contributed by atoms with Crippen molar-refractivity contribution in [1.29, 1.82) is 0 Å². The summed E-state index contributed by atoms with van der Waals surface area (Å²) in [6.45, 7) is 11.3. The van der Waals surface area contributed by atoms with E-state index in [1.807, 2.05) is 49.7 Å². The van der Waals surface area contributed by atoms with Crippen LogP contribution in [0.25, 0.3) is 10.9 Å². The lowest BCUT2D eigenvalue weighted by molar-refractivity contribution is 0.0953. The molecule has 2 aromatic heterocycles. The molecule has 25 heavy (non-hydrogen) atoms. The summed E-state index contributed by atoms with van der Waals surface area (Å²) in [5, 5.41) is 8.42. The first-order valence-corrected chi connectivity index (χ1v) is 8.54. The largest absolute Gasteiger partial charge is 0.350 e. The van der Waals surface area contributed by atoms with Crippen molar-refractivity contribution in [3.05, 3.63) is 58.0 Å². The number of hydrogen-bond acceptors (Lipinski definition) is 3. The van der Waals surface area contributed by atoms with Crippen LogP contribution in [0.15, 0.2) is 24.3 Å². The van der Waals surface area contributed by atoms with Crippen molar-refractivity contribution >= 4 is 16.8 Å². The van der Waals surface area contributed by atoms with Crippen LogP contribution in [-0.4, -0.2) is 27.2 Å². The quantitative estimate of drug-likeness (QED) is 0.794. The normalized spacial score (nSPS) is 11.1. The average Bonchev–Trinajstić information content (AvgIpc) is 2.82. The Morgan fingerprint density at radius 3 is 2.60 bits per heavy atom. The zero-order valence-corrected chi connectivity index (χ0v) is 15.5. The first-order chi connectivity index (χ1) is 11.9. The Morgan fingerprint density at radius 1 is 1.16 bits per heavy atom. The summed E-state index contributed by atoms with van der Waals surface area (Å²) in [5.41, 5.74) is 6.88. The molecule has 0 saturated heterocycles. The fourth-order valence-corrected chi connectivity index (χ4v) is 3.08. The van der Waals surface area contributed by atoms with E-state index < -0.39 is 0 Å². The maximum absolute atomic E-state index is 12.7. The third-order valence-electron chi connectivity index (χ3n) is 4.77. The lowest BCUT2D eigenvalue weighted by Crippen LogP contribution is -2.28. The second-order valence-electron chi connectivity index (χ2n) is 6.56. The van der Waals surface area contributed by atoms with E-state index in [2.05, 4.69) is 29.2 Å². The number of rotatable bonds is 4. The molecule has 1 aromatic carbocycles. The fourth-order valence-electron chi connectivity index (χ4n) is 3.08. The zero-order valence-electron chi connectivity index (χ0n) is 15.5. The SMILES string of the molecule is Cc1cc(C(=O)NCCn2nc(C)c(C)c2C)c2cccc(C)c2n1. The van der Waals surface area contributed by atoms with E-state index in [1.54, 1.807) is 0 Å². The molecule has 0 aliphatic heterocycles. The molecule has 2 heterocycles. The zero-order chi connectivity index (χ0) is 18.1. The standard InChI is InChI=1S/C20H24N4O/c1-12-7-6-8-17-18(11-13(2)22-19(12)17)20(25)21-9-10-24-16(5)14(3)15(4)23-24/h6-8,11H,9-10H2,1-5H3,(H,21,25). The number of carbonyl (C=O) groups is 1. The molecular weight excluding hydrogens is 312 g/mol. The third-order valence-corrected chi connectivity index (χ3v) is 4.77. The van der Waals surface area contributed by atoms with Gasteiger partial charge in [-0.25, -0.2) is 0 Å². The maximum atomic E-state index is 12.7. The number of benzene rings is 1. The van der Waals surface area contributed by atoms with E-state index in [0.29, 0.717) is 18.7 Å². The lowest BCUT2D eigenvalue weighted by Gasteiger charge is -2.11. The third kappa shape index (κ3) is 3.27. The number of aryl methyl sites for hydroxylation is 3. The predicted molar refractivity (Wildman–Crippen MR) is 100.0 cm³/mol. The molecule has 1 amide bonds. The molecule has 3 rings (SSSR count). The number of nitrogens with zero attached hydrogens (tertiary/aromatic N) is 3. The molecular formula is C20H24N4O. The first-order valence-electron chi connectivity index (χ1n) is 8.54. The van der Waals surface area contributed by atoms with Gasteiger partial charge in [0.15, 0.2) is 0 Å². The van der Waals surface area contributed by atoms with Gasteiger partial charge in [0.05, 0.1) is 23.3 Å².